The molecule has 2 amide bonds. The van der Waals surface area contributed by atoms with Crippen molar-refractivity contribution in [1.82, 2.24) is 29.2 Å². The smallest absolute Gasteiger partial charge is 0.410 e. The lowest BCUT2D eigenvalue weighted by molar-refractivity contribution is -0.142. The summed E-state index contributed by atoms with van der Waals surface area (Å²) >= 11 is 6.49. The van der Waals surface area contributed by atoms with Crippen LogP contribution in [0.5, 0.6) is 0 Å². The van der Waals surface area contributed by atoms with E-state index in [9.17, 15) is 14.4 Å². The third-order valence-electron chi connectivity index (χ3n) is 10.8. The Kier molecular flexibility index (Phi) is 9.82. The van der Waals surface area contributed by atoms with E-state index in [-0.39, 0.29) is 24.1 Å². The van der Waals surface area contributed by atoms with Gasteiger partial charge in [0.25, 0.3) is 5.91 Å². The van der Waals surface area contributed by atoms with Crippen LogP contribution in [0.3, 0.4) is 0 Å². The Labute approximate surface area is 291 Å². The van der Waals surface area contributed by atoms with Gasteiger partial charge in [-0.25, -0.2) is 9.59 Å². The Morgan fingerprint density at radius 2 is 1.67 bits per heavy atom. The molecule has 3 N–H and O–H groups in total. The molecule has 1 atom stereocenters. The number of benzene rings is 2. The number of pyridine rings is 1. The number of hydrogen-bond acceptors (Lipinski definition) is 7. The molecule has 2 aromatic carbocycles. The van der Waals surface area contributed by atoms with Crippen molar-refractivity contribution in [3.05, 3.63) is 69.2 Å². The highest BCUT2D eigenvalue weighted by molar-refractivity contribution is 6.33. The Morgan fingerprint density at radius 3 is 2.41 bits per heavy atom. The van der Waals surface area contributed by atoms with Crippen LogP contribution in [0, 0.1) is 0 Å². The first kappa shape index (κ1) is 33.4. The fraction of sp³-hybridized carbons (Fsp3) is 0.514. The van der Waals surface area contributed by atoms with E-state index in [1.54, 1.807) is 21.7 Å². The van der Waals surface area contributed by atoms with Crippen LogP contribution in [0.4, 0.5) is 10.5 Å². The number of likely N-dealkylation sites (tertiary alicyclic amines) is 3. The molecule has 5 heterocycles. The van der Waals surface area contributed by atoms with Gasteiger partial charge in [0.05, 0.1) is 33.5 Å². The molecule has 11 nitrogen and oxygen atoms in total. The number of rotatable bonds is 7. The highest BCUT2D eigenvalue weighted by atomic mass is 35.5. The predicted molar refractivity (Wildman–Crippen MR) is 192 cm³/mol. The third-order valence-corrected chi connectivity index (χ3v) is 11.1. The van der Waals surface area contributed by atoms with Crippen molar-refractivity contribution >= 4 is 51.2 Å². The molecule has 260 valence electrons. The number of halogens is 1. The van der Waals surface area contributed by atoms with Gasteiger partial charge in [0.2, 0.25) is 0 Å². The lowest BCUT2D eigenvalue weighted by Gasteiger charge is -2.41. The molecule has 0 bridgehead atoms. The molecule has 0 saturated carbocycles. The number of para-hydroxylation sites is 1. The molecule has 3 aliphatic heterocycles. The zero-order valence-electron chi connectivity index (χ0n) is 28.2. The van der Waals surface area contributed by atoms with Gasteiger partial charge in [0.1, 0.15) is 0 Å². The fourth-order valence-electron chi connectivity index (χ4n) is 8.07. The number of nitrogen functional groups attached to an aromatic ring is 1. The molecule has 49 heavy (non-hydrogen) atoms. The number of piperidine rings is 3. The molecule has 2 aromatic heterocycles. The highest BCUT2D eigenvalue weighted by Gasteiger charge is 2.35. The first-order valence-corrected chi connectivity index (χ1v) is 18.2. The second-order valence-corrected chi connectivity index (χ2v) is 14.2. The Balaban J connectivity index is 1.05. The number of hydrogen-bond donors (Lipinski definition) is 2. The van der Waals surface area contributed by atoms with Gasteiger partial charge < -0.3 is 30.2 Å². The summed E-state index contributed by atoms with van der Waals surface area (Å²) in [5.74, 6) is -0.170. The van der Waals surface area contributed by atoms with Crippen LogP contribution in [0.15, 0.2) is 47.4 Å². The van der Waals surface area contributed by atoms with Gasteiger partial charge in [-0.05, 0) is 81.3 Å². The number of nitrogens with one attached hydrogen (secondary N) is 1. The van der Waals surface area contributed by atoms with E-state index in [0.29, 0.717) is 62.2 Å². The number of imidazole rings is 1. The van der Waals surface area contributed by atoms with Gasteiger partial charge in [-0.15, -0.1) is 0 Å². The monoisotopic (exact) mass is 687 g/mol. The number of aromatic amines is 1. The van der Waals surface area contributed by atoms with E-state index in [1.165, 1.54) is 19.3 Å². The standard InChI is InChI=1S/C37H46ClN7O4/c1-2-25-20-24(21-29(38)33(25)39)22-32(35(46)43-16-10-26(11-17-43)42-14-6-3-7-15-42)49-37(48)44-18-12-27(13-19-44)45-31-23-40-30-9-5-4-8-28(30)34(31)41-36(45)47/h4-5,8-9,20-21,23,26-27,32H,2-3,6-7,10-19,22,39H2,1H3,(H,41,47)/t32-/m1/s1. The molecule has 12 heteroatoms. The van der Waals surface area contributed by atoms with Crippen molar-refractivity contribution in [1.29, 1.82) is 0 Å². The number of nitrogens with zero attached hydrogens (tertiary/aromatic N) is 5. The quantitative estimate of drug-likeness (QED) is 0.244. The van der Waals surface area contributed by atoms with Gasteiger partial charge in [-0.3, -0.25) is 14.3 Å². The van der Waals surface area contributed by atoms with Crippen molar-refractivity contribution < 1.29 is 14.3 Å². The number of carbonyl (C=O) groups excluding carboxylic acids is 2. The lowest BCUT2D eigenvalue weighted by atomic mass is 9.98. The number of H-pyrrole nitrogens is 1. The largest absolute Gasteiger partial charge is 0.436 e. The van der Waals surface area contributed by atoms with Crippen LogP contribution in [0.1, 0.15) is 69.0 Å². The first-order valence-electron chi connectivity index (χ1n) is 17.8. The molecule has 3 fully saturated rings. The maximum absolute atomic E-state index is 14.1. The minimum atomic E-state index is -0.989. The van der Waals surface area contributed by atoms with Gasteiger partial charge in [0.15, 0.2) is 6.10 Å². The number of fused-ring (bicyclic) bond motifs is 3. The Bertz CT molecular complexity index is 1880. The van der Waals surface area contributed by atoms with Crippen molar-refractivity contribution in [2.75, 3.05) is 45.0 Å². The first-order chi connectivity index (χ1) is 23.8. The molecule has 3 aliphatic rings. The molecule has 0 unspecified atom stereocenters. The van der Waals surface area contributed by atoms with Crippen LogP contribution < -0.4 is 11.4 Å². The van der Waals surface area contributed by atoms with E-state index in [1.807, 2.05) is 42.2 Å². The lowest BCUT2D eigenvalue weighted by Crippen LogP contribution is -2.52. The molecular weight excluding hydrogens is 642 g/mol. The number of ether oxygens (including phenoxy) is 1. The second kappa shape index (κ2) is 14.4. The minimum Gasteiger partial charge on any atom is -0.436 e. The van der Waals surface area contributed by atoms with Gasteiger partial charge in [0, 0.05) is 50.1 Å². The zero-order valence-corrected chi connectivity index (χ0v) is 29.0. The van der Waals surface area contributed by atoms with E-state index in [4.69, 9.17) is 22.1 Å². The molecular formula is C37H46ClN7O4. The second-order valence-electron chi connectivity index (χ2n) is 13.8. The van der Waals surface area contributed by atoms with E-state index in [0.717, 1.165) is 59.0 Å². The van der Waals surface area contributed by atoms with Gasteiger partial charge in [-0.1, -0.05) is 49.2 Å². The SMILES string of the molecule is CCc1cc(C[C@@H](OC(=O)N2CCC(n3c(=O)[nH]c4c5ccccc5ncc43)CC2)C(=O)N2CCC(N3CCCCC3)CC2)cc(Cl)c1N. The maximum atomic E-state index is 14.1. The summed E-state index contributed by atoms with van der Waals surface area (Å²) in [6, 6.07) is 11.9. The zero-order chi connectivity index (χ0) is 34.1. The van der Waals surface area contributed by atoms with Crippen molar-refractivity contribution in [2.24, 2.45) is 0 Å². The number of nitrogens with two attached hydrogens (primary N) is 1. The highest BCUT2D eigenvalue weighted by Crippen LogP contribution is 2.30. The summed E-state index contributed by atoms with van der Waals surface area (Å²) in [7, 11) is 0. The number of anilines is 1. The average molecular weight is 688 g/mol. The summed E-state index contributed by atoms with van der Waals surface area (Å²) in [4.78, 5) is 54.6. The number of carbonyl (C=O) groups is 2. The maximum Gasteiger partial charge on any atom is 0.410 e. The number of aromatic nitrogens is 3. The summed E-state index contributed by atoms with van der Waals surface area (Å²) in [5.41, 5.74) is 10.6. The van der Waals surface area contributed by atoms with Crippen molar-refractivity contribution in [3.63, 3.8) is 0 Å². The molecule has 0 spiro atoms. The van der Waals surface area contributed by atoms with Crippen LogP contribution >= 0.6 is 11.6 Å². The molecule has 0 aliphatic carbocycles. The topological polar surface area (TPSA) is 130 Å². The third kappa shape index (κ3) is 6.88. The van der Waals surface area contributed by atoms with Crippen molar-refractivity contribution in [2.45, 2.75) is 82.9 Å². The van der Waals surface area contributed by atoms with E-state index < -0.39 is 12.2 Å². The summed E-state index contributed by atoms with van der Waals surface area (Å²) in [5, 5.41) is 1.34. The minimum absolute atomic E-state index is 0.101. The van der Waals surface area contributed by atoms with Gasteiger partial charge >= 0.3 is 11.8 Å². The predicted octanol–water partition coefficient (Wildman–Crippen LogP) is 5.54. The molecule has 3 saturated heterocycles. The van der Waals surface area contributed by atoms with E-state index >= 15 is 0 Å². The van der Waals surface area contributed by atoms with Gasteiger partial charge in [-0.2, -0.15) is 0 Å². The molecule has 0 radical (unpaired) electrons. The van der Waals surface area contributed by atoms with Crippen LogP contribution in [0.25, 0.3) is 21.9 Å². The number of aryl methyl sites for hydroxylation is 1. The van der Waals surface area contributed by atoms with Crippen LogP contribution in [-0.4, -0.2) is 92.6 Å². The number of amides is 2. The summed E-state index contributed by atoms with van der Waals surface area (Å²) < 4.78 is 7.86. The summed E-state index contributed by atoms with van der Waals surface area (Å²) in [6.45, 7) is 6.37. The normalized spacial score (nSPS) is 19.1. The Hall–Kier alpha value is -4.09. The molecule has 4 aromatic rings. The van der Waals surface area contributed by atoms with Crippen molar-refractivity contribution in [3.8, 4) is 0 Å². The summed E-state index contributed by atoms with van der Waals surface area (Å²) in [6.07, 6.45) is 7.92. The molecule has 7 rings (SSSR count). The average Bonchev–Trinajstić information content (AvgIpc) is 3.49. The van der Waals surface area contributed by atoms with Crippen LogP contribution in [-0.2, 0) is 22.4 Å². The van der Waals surface area contributed by atoms with Crippen LogP contribution in [0.2, 0.25) is 5.02 Å². The van der Waals surface area contributed by atoms with E-state index in [2.05, 4.69) is 14.9 Å². The Morgan fingerprint density at radius 1 is 0.980 bits per heavy atom. The fourth-order valence-corrected chi connectivity index (χ4v) is 8.33.